The third-order valence-electron chi connectivity index (χ3n) is 3.29. The average molecular weight is 303 g/mol. The van der Waals surface area contributed by atoms with Crippen molar-refractivity contribution in [2.24, 2.45) is 0 Å². The molecule has 0 N–H and O–H groups in total. The quantitative estimate of drug-likeness (QED) is 0.790. The summed E-state index contributed by atoms with van der Waals surface area (Å²) in [5.74, 6) is -0.778. The summed E-state index contributed by atoms with van der Waals surface area (Å²) < 4.78 is 34.6. The molecule has 0 unspecified atom stereocenters. The minimum Gasteiger partial charge on any atom is -0.377 e. The van der Waals surface area contributed by atoms with Gasteiger partial charge in [-0.05, 0) is 26.0 Å². The van der Waals surface area contributed by atoms with Crippen LogP contribution < -0.4 is 0 Å². The fourth-order valence-corrected chi connectivity index (χ4v) is 2.27. The minimum atomic E-state index is -0.886. The Labute approximate surface area is 121 Å². The summed E-state index contributed by atoms with van der Waals surface area (Å²) in [5, 5.41) is 0. The molecule has 0 saturated carbocycles. The van der Waals surface area contributed by atoms with E-state index in [-0.39, 0.29) is 5.52 Å². The number of hydrogen-bond acceptors (Lipinski definition) is 2. The second-order valence-electron chi connectivity index (χ2n) is 5.25. The first-order valence-electron chi connectivity index (χ1n) is 6.34. The molecule has 0 aliphatic rings. The van der Waals surface area contributed by atoms with Crippen molar-refractivity contribution < 1.29 is 13.5 Å². The highest BCUT2D eigenvalue weighted by Crippen LogP contribution is 2.25. The number of ether oxygens (including phenoxy) is 1. The van der Waals surface area contributed by atoms with Crippen molar-refractivity contribution in [3.05, 3.63) is 29.6 Å². The highest BCUT2D eigenvalue weighted by Gasteiger charge is 2.23. The second-order valence-corrected chi connectivity index (χ2v) is 5.62. The fourth-order valence-electron chi connectivity index (χ4n) is 2.10. The van der Waals surface area contributed by atoms with E-state index in [0.717, 1.165) is 6.07 Å². The van der Waals surface area contributed by atoms with E-state index in [2.05, 4.69) is 4.98 Å². The molecule has 110 valence electrons. The van der Waals surface area contributed by atoms with Crippen molar-refractivity contribution in [2.45, 2.75) is 32.4 Å². The molecular formula is C14H17ClF2N2O. The maximum absolute atomic E-state index is 14.1. The lowest BCUT2D eigenvalue weighted by Crippen LogP contribution is -2.30. The highest BCUT2D eigenvalue weighted by molar-refractivity contribution is 6.17. The number of fused-ring (bicyclic) bond motifs is 1. The minimum absolute atomic E-state index is 0.162. The molecule has 3 nitrogen and oxygen atoms in total. The normalized spacial score (nSPS) is 12.3. The highest BCUT2D eigenvalue weighted by atomic mass is 35.5. The van der Waals surface area contributed by atoms with E-state index >= 15 is 0 Å². The third-order valence-corrected chi connectivity index (χ3v) is 3.48. The van der Waals surface area contributed by atoms with Crippen LogP contribution in [0.3, 0.4) is 0 Å². The number of halogens is 3. The molecule has 2 rings (SSSR count). The zero-order valence-corrected chi connectivity index (χ0v) is 12.5. The Morgan fingerprint density at radius 3 is 2.65 bits per heavy atom. The molecule has 0 radical (unpaired) electrons. The average Bonchev–Trinajstić information content (AvgIpc) is 2.73. The Morgan fingerprint density at radius 2 is 2.05 bits per heavy atom. The Kier molecular flexibility index (Phi) is 4.30. The number of rotatable bonds is 5. The number of benzene rings is 1. The standard InChI is InChI=1S/C14H17ClF2N2O/c1-14(2,20-3)8-19-11(6-7-15)18-10-5-4-9(16)12(17)13(10)19/h4-5H,6-8H2,1-3H3. The first kappa shape index (κ1) is 15.2. The summed E-state index contributed by atoms with van der Waals surface area (Å²) in [5.41, 5.74) is 0.0687. The van der Waals surface area contributed by atoms with Crippen LogP contribution in [0.15, 0.2) is 12.1 Å². The van der Waals surface area contributed by atoms with Gasteiger partial charge < -0.3 is 9.30 Å². The predicted molar refractivity (Wildman–Crippen MR) is 75.2 cm³/mol. The molecule has 0 aliphatic heterocycles. The van der Waals surface area contributed by atoms with Gasteiger partial charge in [-0.25, -0.2) is 13.8 Å². The predicted octanol–water partition coefficient (Wildman–Crippen LogP) is 3.52. The number of aryl methyl sites for hydroxylation is 1. The van der Waals surface area contributed by atoms with Gasteiger partial charge in [-0.3, -0.25) is 0 Å². The lowest BCUT2D eigenvalue weighted by Gasteiger charge is -2.25. The van der Waals surface area contributed by atoms with Crippen LogP contribution in [-0.4, -0.2) is 28.1 Å². The van der Waals surface area contributed by atoms with Gasteiger partial charge in [0.25, 0.3) is 0 Å². The van der Waals surface area contributed by atoms with Gasteiger partial charge in [-0.15, -0.1) is 11.6 Å². The van der Waals surface area contributed by atoms with Gasteiger partial charge in [-0.2, -0.15) is 0 Å². The number of methoxy groups -OCH3 is 1. The molecule has 0 amide bonds. The zero-order chi connectivity index (χ0) is 14.9. The molecule has 0 bridgehead atoms. The molecule has 0 spiro atoms. The first-order chi connectivity index (χ1) is 9.39. The van der Waals surface area contributed by atoms with Crippen LogP contribution in [0.5, 0.6) is 0 Å². The molecule has 1 aromatic heterocycles. The number of imidazole rings is 1. The lowest BCUT2D eigenvalue weighted by molar-refractivity contribution is 0.00836. The van der Waals surface area contributed by atoms with Crippen LogP contribution in [0.2, 0.25) is 0 Å². The van der Waals surface area contributed by atoms with Gasteiger partial charge in [0, 0.05) is 19.4 Å². The van der Waals surface area contributed by atoms with E-state index in [1.807, 2.05) is 13.8 Å². The van der Waals surface area contributed by atoms with Crippen LogP contribution in [0.25, 0.3) is 11.0 Å². The molecular weight excluding hydrogens is 286 g/mol. The molecule has 6 heteroatoms. The van der Waals surface area contributed by atoms with Gasteiger partial charge in [0.2, 0.25) is 0 Å². The molecule has 0 aliphatic carbocycles. The van der Waals surface area contributed by atoms with Crippen LogP contribution in [0, 0.1) is 11.6 Å². The van der Waals surface area contributed by atoms with Crippen molar-refractivity contribution in [3.63, 3.8) is 0 Å². The van der Waals surface area contributed by atoms with E-state index in [4.69, 9.17) is 16.3 Å². The van der Waals surface area contributed by atoms with E-state index < -0.39 is 17.2 Å². The summed E-state index contributed by atoms with van der Waals surface area (Å²) in [6.45, 7) is 4.12. The fraction of sp³-hybridized carbons (Fsp3) is 0.500. The maximum atomic E-state index is 14.1. The summed E-state index contributed by atoms with van der Waals surface area (Å²) >= 11 is 5.76. The van der Waals surface area contributed by atoms with Gasteiger partial charge in [0.1, 0.15) is 11.3 Å². The monoisotopic (exact) mass is 302 g/mol. The second kappa shape index (κ2) is 5.66. The topological polar surface area (TPSA) is 27.1 Å². The molecule has 0 saturated heterocycles. The van der Waals surface area contributed by atoms with Crippen molar-refractivity contribution in [2.75, 3.05) is 13.0 Å². The van der Waals surface area contributed by atoms with Gasteiger partial charge >= 0.3 is 0 Å². The number of aromatic nitrogens is 2. The number of hydrogen-bond donors (Lipinski definition) is 0. The van der Waals surface area contributed by atoms with Gasteiger partial charge in [0.15, 0.2) is 11.6 Å². The molecule has 2 aromatic rings. The van der Waals surface area contributed by atoms with Crippen LogP contribution in [0.4, 0.5) is 8.78 Å². The molecule has 1 heterocycles. The summed E-state index contributed by atoms with van der Waals surface area (Å²) in [6, 6.07) is 2.56. The van der Waals surface area contributed by atoms with Crippen molar-refractivity contribution in [1.82, 2.24) is 9.55 Å². The zero-order valence-electron chi connectivity index (χ0n) is 11.7. The van der Waals surface area contributed by atoms with Crippen LogP contribution in [-0.2, 0) is 17.7 Å². The first-order valence-corrected chi connectivity index (χ1v) is 6.87. The van der Waals surface area contributed by atoms with Gasteiger partial charge in [0.05, 0.1) is 17.7 Å². The van der Waals surface area contributed by atoms with Crippen molar-refractivity contribution >= 4 is 22.6 Å². The maximum Gasteiger partial charge on any atom is 0.184 e. The third kappa shape index (κ3) is 2.79. The number of nitrogens with zero attached hydrogens (tertiary/aromatic N) is 2. The summed E-state index contributed by atoms with van der Waals surface area (Å²) in [4.78, 5) is 4.34. The summed E-state index contributed by atoms with van der Waals surface area (Å²) in [7, 11) is 1.58. The molecule has 0 atom stereocenters. The Balaban J connectivity index is 2.63. The summed E-state index contributed by atoms with van der Waals surface area (Å²) in [6.07, 6.45) is 0.483. The largest absolute Gasteiger partial charge is 0.377 e. The Bertz CT molecular complexity index is 625. The Morgan fingerprint density at radius 1 is 1.35 bits per heavy atom. The SMILES string of the molecule is COC(C)(C)Cn1c(CCCl)nc2ccc(F)c(F)c21. The van der Waals surface area contributed by atoms with E-state index in [0.29, 0.717) is 30.2 Å². The van der Waals surface area contributed by atoms with Gasteiger partial charge in [-0.1, -0.05) is 0 Å². The van der Waals surface area contributed by atoms with E-state index in [1.165, 1.54) is 6.07 Å². The van der Waals surface area contributed by atoms with Crippen LogP contribution >= 0.6 is 11.6 Å². The smallest absolute Gasteiger partial charge is 0.184 e. The molecule has 1 aromatic carbocycles. The molecule has 20 heavy (non-hydrogen) atoms. The van der Waals surface area contributed by atoms with Crippen LogP contribution in [0.1, 0.15) is 19.7 Å². The van der Waals surface area contributed by atoms with E-state index in [9.17, 15) is 8.78 Å². The van der Waals surface area contributed by atoms with Crippen molar-refractivity contribution in [3.8, 4) is 0 Å². The van der Waals surface area contributed by atoms with E-state index in [1.54, 1.807) is 11.7 Å². The Hall–Kier alpha value is -1.20. The lowest BCUT2D eigenvalue weighted by atomic mass is 10.1. The van der Waals surface area contributed by atoms with Crippen molar-refractivity contribution in [1.29, 1.82) is 0 Å². The number of alkyl halides is 1. The molecule has 0 fully saturated rings.